The lowest BCUT2D eigenvalue weighted by Gasteiger charge is -2.27. The Morgan fingerprint density at radius 1 is 1.07 bits per heavy atom. The molecular weight excluding hydrogens is 414 g/mol. The highest BCUT2D eigenvalue weighted by atomic mass is 32.2. The SMILES string of the molecule is CN(C)S(=O)(=O)N(CC(=O)NCc1cccc(C(F)(F)F)c1)c1ccc(F)cc1. The van der Waals surface area contributed by atoms with Gasteiger partial charge in [0.1, 0.15) is 12.4 Å². The Kier molecular flexibility index (Phi) is 6.85. The molecule has 0 aliphatic carbocycles. The number of hydrogen-bond acceptors (Lipinski definition) is 3. The molecule has 0 bridgehead atoms. The fourth-order valence-electron chi connectivity index (χ4n) is 2.36. The van der Waals surface area contributed by atoms with Crippen LogP contribution in [0.3, 0.4) is 0 Å². The molecule has 0 saturated heterocycles. The predicted molar refractivity (Wildman–Crippen MR) is 99.6 cm³/mol. The number of alkyl halides is 3. The van der Waals surface area contributed by atoms with Crippen molar-refractivity contribution in [2.45, 2.75) is 12.7 Å². The second-order valence-electron chi connectivity index (χ2n) is 6.25. The first-order chi connectivity index (χ1) is 13.4. The Labute approximate surface area is 165 Å². The number of benzene rings is 2. The molecule has 0 atom stereocenters. The number of nitrogens with one attached hydrogen (secondary N) is 1. The summed E-state index contributed by atoms with van der Waals surface area (Å²) in [5.74, 6) is -1.32. The molecule has 0 aromatic heterocycles. The standard InChI is InChI=1S/C18H19F4N3O3S/c1-24(2)29(27,28)25(16-8-6-15(19)7-9-16)12-17(26)23-11-13-4-3-5-14(10-13)18(20,21)22/h3-10H,11-12H2,1-2H3,(H,23,26). The molecular formula is C18H19F4N3O3S. The summed E-state index contributed by atoms with van der Waals surface area (Å²) in [7, 11) is -1.53. The Morgan fingerprint density at radius 2 is 1.69 bits per heavy atom. The topological polar surface area (TPSA) is 69.7 Å². The number of amides is 1. The van der Waals surface area contributed by atoms with Crippen LogP contribution >= 0.6 is 0 Å². The summed E-state index contributed by atoms with van der Waals surface area (Å²) < 4.78 is 78.2. The van der Waals surface area contributed by atoms with E-state index in [1.165, 1.54) is 38.4 Å². The van der Waals surface area contributed by atoms with Gasteiger partial charge in [-0.1, -0.05) is 12.1 Å². The van der Waals surface area contributed by atoms with Crippen molar-refractivity contribution >= 4 is 21.8 Å². The normalized spacial score (nSPS) is 12.1. The van der Waals surface area contributed by atoms with E-state index in [1.54, 1.807) is 0 Å². The largest absolute Gasteiger partial charge is 0.416 e. The van der Waals surface area contributed by atoms with Crippen molar-refractivity contribution in [2.24, 2.45) is 0 Å². The molecule has 1 N–H and O–H groups in total. The van der Waals surface area contributed by atoms with Gasteiger partial charge >= 0.3 is 16.4 Å². The fourth-order valence-corrected chi connectivity index (χ4v) is 3.42. The highest BCUT2D eigenvalue weighted by Gasteiger charge is 2.30. The molecule has 0 fully saturated rings. The number of anilines is 1. The summed E-state index contributed by atoms with van der Waals surface area (Å²) in [5.41, 5.74) is -0.585. The third kappa shape index (κ3) is 5.91. The number of rotatable bonds is 7. The van der Waals surface area contributed by atoms with E-state index in [-0.39, 0.29) is 17.8 Å². The lowest BCUT2D eigenvalue weighted by molar-refractivity contribution is -0.137. The van der Waals surface area contributed by atoms with Crippen LogP contribution in [0.4, 0.5) is 23.2 Å². The van der Waals surface area contributed by atoms with Gasteiger partial charge in [-0.05, 0) is 42.0 Å². The lowest BCUT2D eigenvalue weighted by atomic mass is 10.1. The van der Waals surface area contributed by atoms with Crippen molar-refractivity contribution in [3.05, 3.63) is 65.5 Å². The molecule has 0 heterocycles. The number of carbonyl (C=O) groups is 1. The van der Waals surface area contributed by atoms with Gasteiger partial charge in [-0.25, -0.2) is 8.70 Å². The van der Waals surface area contributed by atoms with Gasteiger partial charge in [0.05, 0.1) is 11.3 Å². The number of nitrogens with zero attached hydrogens (tertiary/aromatic N) is 2. The van der Waals surface area contributed by atoms with Crippen molar-refractivity contribution in [1.82, 2.24) is 9.62 Å². The molecule has 11 heteroatoms. The van der Waals surface area contributed by atoms with E-state index in [9.17, 15) is 30.8 Å². The van der Waals surface area contributed by atoms with Crippen LogP contribution < -0.4 is 9.62 Å². The molecule has 0 aliphatic heterocycles. The maximum atomic E-state index is 13.2. The van der Waals surface area contributed by atoms with E-state index in [0.29, 0.717) is 0 Å². The molecule has 0 spiro atoms. The van der Waals surface area contributed by atoms with Crippen LogP contribution in [0.1, 0.15) is 11.1 Å². The van der Waals surface area contributed by atoms with Gasteiger partial charge in [-0.3, -0.25) is 4.79 Å². The van der Waals surface area contributed by atoms with Crippen LogP contribution in [0.25, 0.3) is 0 Å². The molecule has 2 aromatic rings. The zero-order valence-corrected chi connectivity index (χ0v) is 16.4. The first-order valence-electron chi connectivity index (χ1n) is 8.30. The highest BCUT2D eigenvalue weighted by Crippen LogP contribution is 2.29. The minimum Gasteiger partial charge on any atom is -0.350 e. The predicted octanol–water partition coefficient (Wildman–Crippen LogP) is 2.77. The quantitative estimate of drug-likeness (QED) is 0.683. The first-order valence-corrected chi connectivity index (χ1v) is 9.69. The van der Waals surface area contributed by atoms with Crippen molar-refractivity contribution < 1.29 is 30.8 Å². The molecule has 0 unspecified atom stereocenters. The van der Waals surface area contributed by atoms with Crippen LogP contribution in [0.2, 0.25) is 0 Å². The fraction of sp³-hybridized carbons (Fsp3) is 0.278. The molecule has 0 aliphatic rings. The molecule has 29 heavy (non-hydrogen) atoms. The second-order valence-corrected chi connectivity index (χ2v) is 8.31. The van der Waals surface area contributed by atoms with Gasteiger partial charge in [-0.15, -0.1) is 0 Å². The lowest BCUT2D eigenvalue weighted by Crippen LogP contribution is -2.45. The molecule has 6 nitrogen and oxygen atoms in total. The Hall–Kier alpha value is -2.66. The maximum Gasteiger partial charge on any atom is 0.416 e. The summed E-state index contributed by atoms with van der Waals surface area (Å²) in [6, 6.07) is 8.93. The van der Waals surface area contributed by atoms with Crippen molar-refractivity contribution in [3.8, 4) is 0 Å². The van der Waals surface area contributed by atoms with Gasteiger partial charge in [0.25, 0.3) is 0 Å². The average Bonchev–Trinajstić information content (AvgIpc) is 2.64. The van der Waals surface area contributed by atoms with E-state index in [2.05, 4.69) is 5.32 Å². The first kappa shape index (κ1) is 22.6. The zero-order chi connectivity index (χ0) is 21.8. The molecule has 1 amide bonds. The van der Waals surface area contributed by atoms with Gasteiger partial charge in [-0.2, -0.15) is 25.9 Å². The Morgan fingerprint density at radius 3 is 2.24 bits per heavy atom. The minimum atomic E-state index is -4.51. The molecule has 158 valence electrons. The Balaban J connectivity index is 2.15. The third-order valence-electron chi connectivity index (χ3n) is 3.89. The van der Waals surface area contributed by atoms with E-state index >= 15 is 0 Å². The van der Waals surface area contributed by atoms with Crippen LogP contribution in [-0.2, 0) is 27.7 Å². The van der Waals surface area contributed by atoms with Crippen molar-refractivity contribution in [1.29, 1.82) is 0 Å². The third-order valence-corrected chi connectivity index (χ3v) is 5.71. The number of halogens is 4. The molecule has 2 aromatic carbocycles. The van der Waals surface area contributed by atoms with Crippen LogP contribution in [-0.4, -0.2) is 39.3 Å². The molecule has 0 saturated carbocycles. The number of hydrogen-bond donors (Lipinski definition) is 1. The van der Waals surface area contributed by atoms with E-state index < -0.39 is 40.2 Å². The van der Waals surface area contributed by atoms with Crippen molar-refractivity contribution in [3.63, 3.8) is 0 Å². The van der Waals surface area contributed by atoms with Gasteiger partial charge in [0, 0.05) is 20.6 Å². The summed E-state index contributed by atoms with van der Waals surface area (Å²) in [6.07, 6.45) is -4.51. The average molecular weight is 433 g/mol. The second kappa shape index (κ2) is 8.78. The smallest absolute Gasteiger partial charge is 0.350 e. The zero-order valence-electron chi connectivity index (χ0n) is 15.6. The minimum absolute atomic E-state index is 0.0642. The van der Waals surface area contributed by atoms with Gasteiger partial charge < -0.3 is 5.32 Å². The molecule has 0 radical (unpaired) electrons. The van der Waals surface area contributed by atoms with Gasteiger partial charge in [0.2, 0.25) is 5.91 Å². The van der Waals surface area contributed by atoms with E-state index in [1.807, 2.05) is 0 Å². The Bertz CT molecular complexity index is 961. The van der Waals surface area contributed by atoms with Crippen LogP contribution in [0, 0.1) is 5.82 Å². The molecule has 2 rings (SSSR count). The van der Waals surface area contributed by atoms with Gasteiger partial charge in [0.15, 0.2) is 0 Å². The summed E-state index contributed by atoms with van der Waals surface area (Å²) in [6.45, 7) is -0.854. The monoisotopic (exact) mass is 433 g/mol. The summed E-state index contributed by atoms with van der Waals surface area (Å²) in [4.78, 5) is 12.3. The van der Waals surface area contributed by atoms with Crippen LogP contribution in [0.15, 0.2) is 48.5 Å². The summed E-state index contributed by atoms with van der Waals surface area (Å²) >= 11 is 0. The summed E-state index contributed by atoms with van der Waals surface area (Å²) in [5, 5.41) is 2.40. The number of carbonyl (C=O) groups excluding carboxylic acids is 1. The maximum absolute atomic E-state index is 13.2. The van der Waals surface area contributed by atoms with Crippen molar-refractivity contribution in [2.75, 3.05) is 24.9 Å². The van der Waals surface area contributed by atoms with Crippen LogP contribution in [0.5, 0.6) is 0 Å². The highest BCUT2D eigenvalue weighted by molar-refractivity contribution is 7.90. The van der Waals surface area contributed by atoms with E-state index in [0.717, 1.165) is 32.9 Å². The van der Waals surface area contributed by atoms with E-state index in [4.69, 9.17) is 0 Å².